The molecule has 1 aliphatic rings. The van der Waals surface area contributed by atoms with E-state index in [9.17, 15) is 9.59 Å². The lowest BCUT2D eigenvalue weighted by atomic mass is 10.1. The predicted octanol–water partition coefficient (Wildman–Crippen LogP) is 2.65. The molecule has 5 nitrogen and oxygen atoms in total. The average molecular weight is 305 g/mol. The molecule has 5 heteroatoms. The van der Waals surface area contributed by atoms with Gasteiger partial charge in [-0.15, -0.1) is 0 Å². The minimum Gasteiger partial charge on any atom is -0.490 e. The molecule has 1 saturated carbocycles. The lowest BCUT2D eigenvalue weighted by Gasteiger charge is -2.18. The minimum absolute atomic E-state index is 0.0880. The van der Waals surface area contributed by atoms with E-state index in [0.717, 1.165) is 23.3 Å². The molecular weight excluding hydrogens is 282 g/mol. The minimum atomic E-state index is -1.21. The topological polar surface area (TPSA) is 75.6 Å². The molecule has 0 spiro atoms. The Morgan fingerprint density at radius 1 is 1.41 bits per heavy atom. The van der Waals surface area contributed by atoms with Gasteiger partial charge in [0.1, 0.15) is 11.2 Å². The number of nitrogens with one attached hydrogen (secondary N) is 1. The summed E-state index contributed by atoms with van der Waals surface area (Å²) in [6, 6.07) is 5.81. The van der Waals surface area contributed by atoms with Crippen molar-refractivity contribution in [1.29, 1.82) is 0 Å². The normalized spacial score (nSPS) is 16.7. The maximum atomic E-state index is 12.1. The number of aliphatic carboxylic acids is 1. The molecule has 0 aromatic heterocycles. The van der Waals surface area contributed by atoms with E-state index in [1.54, 1.807) is 0 Å². The van der Waals surface area contributed by atoms with Gasteiger partial charge in [-0.25, -0.2) is 0 Å². The van der Waals surface area contributed by atoms with Gasteiger partial charge in [-0.1, -0.05) is 19.1 Å². The van der Waals surface area contributed by atoms with Gasteiger partial charge < -0.3 is 15.2 Å². The summed E-state index contributed by atoms with van der Waals surface area (Å²) in [6.07, 6.45) is 1.81. The van der Waals surface area contributed by atoms with Gasteiger partial charge in [0.25, 0.3) is 0 Å². The van der Waals surface area contributed by atoms with Crippen LogP contribution in [0.2, 0.25) is 0 Å². The molecule has 1 aromatic carbocycles. The highest BCUT2D eigenvalue weighted by Gasteiger charge is 2.56. The van der Waals surface area contributed by atoms with E-state index in [1.165, 1.54) is 0 Å². The summed E-state index contributed by atoms with van der Waals surface area (Å²) < 4.78 is 5.89. The highest BCUT2D eigenvalue weighted by Crippen LogP contribution is 2.46. The van der Waals surface area contributed by atoms with Gasteiger partial charge in [-0.2, -0.15) is 0 Å². The van der Waals surface area contributed by atoms with Crippen LogP contribution in [0.1, 0.15) is 44.2 Å². The maximum absolute atomic E-state index is 12.1. The first-order valence-electron chi connectivity index (χ1n) is 7.67. The summed E-state index contributed by atoms with van der Waals surface area (Å²) in [5, 5.41) is 11.9. The molecule has 1 aromatic rings. The fourth-order valence-electron chi connectivity index (χ4n) is 2.23. The summed E-state index contributed by atoms with van der Waals surface area (Å²) in [5.74, 6) is -0.699. The summed E-state index contributed by atoms with van der Waals surface area (Å²) in [7, 11) is 0. The second-order valence-corrected chi connectivity index (χ2v) is 6.02. The molecule has 120 valence electrons. The van der Waals surface area contributed by atoms with Crippen LogP contribution < -0.4 is 10.1 Å². The Hall–Kier alpha value is -2.04. The van der Waals surface area contributed by atoms with Gasteiger partial charge in [-0.3, -0.25) is 9.59 Å². The van der Waals surface area contributed by atoms with Crippen molar-refractivity contribution >= 4 is 11.9 Å². The van der Waals surface area contributed by atoms with Crippen molar-refractivity contribution in [3.8, 4) is 5.75 Å². The highest BCUT2D eigenvalue weighted by molar-refractivity contribution is 6.04. The Morgan fingerprint density at radius 3 is 2.64 bits per heavy atom. The predicted molar refractivity (Wildman–Crippen MR) is 82.7 cm³/mol. The van der Waals surface area contributed by atoms with Crippen LogP contribution in [0.25, 0.3) is 0 Å². The maximum Gasteiger partial charge on any atom is 0.319 e. The van der Waals surface area contributed by atoms with Crippen molar-refractivity contribution in [2.45, 2.75) is 52.7 Å². The molecule has 0 bridgehead atoms. The second-order valence-electron chi connectivity index (χ2n) is 6.02. The Labute approximate surface area is 130 Å². The third-order valence-corrected chi connectivity index (χ3v) is 4.16. The zero-order valence-electron chi connectivity index (χ0n) is 13.3. The van der Waals surface area contributed by atoms with Gasteiger partial charge in [-0.05, 0) is 44.7 Å². The van der Waals surface area contributed by atoms with Crippen molar-refractivity contribution < 1.29 is 19.4 Å². The Balaban J connectivity index is 2.06. The molecule has 0 heterocycles. The van der Waals surface area contributed by atoms with Crippen LogP contribution in [0, 0.1) is 12.3 Å². The fourth-order valence-corrected chi connectivity index (χ4v) is 2.23. The summed E-state index contributed by atoms with van der Waals surface area (Å²) in [6.45, 7) is 6.30. The van der Waals surface area contributed by atoms with E-state index < -0.39 is 17.3 Å². The van der Waals surface area contributed by atoms with Gasteiger partial charge in [0.2, 0.25) is 5.91 Å². The molecule has 1 unspecified atom stereocenters. The molecule has 0 radical (unpaired) electrons. The number of hydrogen-bond donors (Lipinski definition) is 2. The molecule has 1 amide bonds. The molecule has 2 N–H and O–H groups in total. The Kier molecular flexibility index (Phi) is 4.74. The van der Waals surface area contributed by atoms with Gasteiger partial charge in [0, 0.05) is 12.1 Å². The van der Waals surface area contributed by atoms with E-state index in [0.29, 0.717) is 12.8 Å². The summed E-state index contributed by atoms with van der Waals surface area (Å²) in [5.41, 5.74) is 0.737. The van der Waals surface area contributed by atoms with Crippen LogP contribution in [0.5, 0.6) is 5.75 Å². The van der Waals surface area contributed by atoms with Crippen molar-refractivity contribution in [2.75, 3.05) is 0 Å². The van der Waals surface area contributed by atoms with Crippen LogP contribution in [0.3, 0.4) is 0 Å². The van der Waals surface area contributed by atoms with E-state index in [-0.39, 0.29) is 12.6 Å². The number of carbonyl (C=O) groups is 2. The summed E-state index contributed by atoms with van der Waals surface area (Å²) >= 11 is 0. The third-order valence-electron chi connectivity index (χ3n) is 4.16. The smallest absolute Gasteiger partial charge is 0.319 e. The standard InChI is InChI=1S/C17H23NO4/c1-4-12(3)22-14-9-11(2)5-6-13(14)10-18-15(19)17(7-8-17)16(20)21/h5-6,9,12H,4,7-8,10H2,1-3H3,(H,18,19)(H,20,21). The fraction of sp³-hybridized carbons (Fsp3) is 0.529. The van der Waals surface area contributed by atoms with Gasteiger partial charge in [0.05, 0.1) is 6.10 Å². The van der Waals surface area contributed by atoms with Crippen LogP contribution >= 0.6 is 0 Å². The molecule has 1 fully saturated rings. The quantitative estimate of drug-likeness (QED) is 0.759. The van der Waals surface area contributed by atoms with E-state index in [2.05, 4.69) is 5.32 Å². The van der Waals surface area contributed by atoms with E-state index >= 15 is 0 Å². The Bertz CT molecular complexity index is 578. The number of aryl methyl sites for hydroxylation is 1. The monoisotopic (exact) mass is 305 g/mol. The van der Waals surface area contributed by atoms with Crippen LogP contribution in [-0.2, 0) is 16.1 Å². The number of rotatable bonds is 7. The number of benzene rings is 1. The lowest BCUT2D eigenvalue weighted by Crippen LogP contribution is -2.36. The molecule has 1 aliphatic carbocycles. The third kappa shape index (κ3) is 3.40. The van der Waals surface area contributed by atoms with Crippen molar-refractivity contribution in [2.24, 2.45) is 5.41 Å². The first kappa shape index (κ1) is 16.3. The highest BCUT2D eigenvalue weighted by atomic mass is 16.5. The largest absolute Gasteiger partial charge is 0.490 e. The molecule has 0 aliphatic heterocycles. The number of carboxylic acids is 1. The number of ether oxygens (including phenoxy) is 1. The number of carboxylic acid groups (broad SMARTS) is 1. The number of hydrogen-bond acceptors (Lipinski definition) is 3. The molecule has 0 saturated heterocycles. The SMILES string of the molecule is CCC(C)Oc1cc(C)ccc1CNC(=O)C1(C(=O)O)CC1. The van der Waals surface area contributed by atoms with E-state index in [4.69, 9.17) is 9.84 Å². The van der Waals surface area contributed by atoms with Crippen molar-refractivity contribution in [3.63, 3.8) is 0 Å². The van der Waals surface area contributed by atoms with Crippen LogP contribution in [0.4, 0.5) is 0 Å². The van der Waals surface area contributed by atoms with Crippen LogP contribution in [-0.4, -0.2) is 23.1 Å². The van der Waals surface area contributed by atoms with Crippen molar-refractivity contribution in [1.82, 2.24) is 5.32 Å². The van der Waals surface area contributed by atoms with Gasteiger partial charge >= 0.3 is 5.97 Å². The molecule has 22 heavy (non-hydrogen) atoms. The molecule has 1 atom stereocenters. The first-order chi connectivity index (χ1) is 10.4. The molecular formula is C17H23NO4. The van der Waals surface area contributed by atoms with Gasteiger partial charge in [0.15, 0.2) is 0 Å². The zero-order chi connectivity index (χ0) is 16.3. The number of carbonyl (C=O) groups excluding carboxylic acids is 1. The van der Waals surface area contributed by atoms with Crippen LogP contribution in [0.15, 0.2) is 18.2 Å². The average Bonchev–Trinajstić information content (AvgIpc) is 3.27. The lowest BCUT2D eigenvalue weighted by molar-refractivity contribution is -0.149. The Morgan fingerprint density at radius 2 is 2.09 bits per heavy atom. The second kappa shape index (κ2) is 6.38. The number of amides is 1. The van der Waals surface area contributed by atoms with Crippen molar-refractivity contribution in [3.05, 3.63) is 29.3 Å². The van der Waals surface area contributed by atoms with E-state index in [1.807, 2.05) is 39.0 Å². The summed E-state index contributed by atoms with van der Waals surface area (Å²) in [4.78, 5) is 23.2. The first-order valence-corrected chi connectivity index (χ1v) is 7.67. The zero-order valence-corrected chi connectivity index (χ0v) is 13.3. The molecule has 2 rings (SSSR count).